The lowest BCUT2D eigenvalue weighted by Crippen LogP contribution is -2.43. The van der Waals surface area contributed by atoms with E-state index in [4.69, 9.17) is 0 Å². The second-order valence-electron chi connectivity index (χ2n) is 13.0. The Hall–Kier alpha value is -3.54. The van der Waals surface area contributed by atoms with Gasteiger partial charge in [0.15, 0.2) is 0 Å². The molecule has 0 spiro atoms. The van der Waals surface area contributed by atoms with E-state index in [1.165, 1.54) is 16.7 Å². The number of hydrogen-bond donors (Lipinski definition) is 1. The molecule has 224 valence electrons. The summed E-state index contributed by atoms with van der Waals surface area (Å²) in [5.41, 5.74) is 17.8. The second kappa shape index (κ2) is 14.0. The number of nitrogens with one attached hydrogen (secondary N) is 1. The zero-order chi connectivity index (χ0) is 31.3. The molecule has 1 nitrogen and oxygen atoms in total. The fourth-order valence-electron chi connectivity index (χ4n) is 6.92. The SMILES string of the molecule is CC(C)[Si](C#Cc1ccccc1C=C=C(c1ccc(Nc2ccc(Br)cc2)cc1)C1CC1c1ccccc1)(C(C)C)C(C)C. The van der Waals surface area contributed by atoms with Crippen LogP contribution in [0, 0.1) is 17.4 Å². The highest BCUT2D eigenvalue weighted by Gasteiger charge is 2.42. The number of hydrogen-bond acceptors (Lipinski definition) is 1. The third-order valence-corrected chi connectivity index (χ3v) is 16.2. The van der Waals surface area contributed by atoms with E-state index in [0.717, 1.165) is 33.4 Å². The second-order valence-corrected chi connectivity index (χ2v) is 19.5. The van der Waals surface area contributed by atoms with Gasteiger partial charge in [0, 0.05) is 27.0 Å². The van der Waals surface area contributed by atoms with Crippen LogP contribution in [-0.4, -0.2) is 8.07 Å². The van der Waals surface area contributed by atoms with Crippen molar-refractivity contribution in [1.82, 2.24) is 0 Å². The Bertz CT molecular complexity index is 1660. The van der Waals surface area contributed by atoms with E-state index in [1.54, 1.807) is 0 Å². The summed E-state index contributed by atoms with van der Waals surface area (Å²) in [6.07, 6.45) is 3.32. The molecule has 0 saturated heterocycles. The minimum absolute atomic E-state index is 0.444. The highest BCUT2D eigenvalue weighted by atomic mass is 79.9. The Kier molecular flexibility index (Phi) is 10.2. The Morgan fingerprint density at radius 1 is 0.750 bits per heavy atom. The third-order valence-electron chi connectivity index (χ3n) is 9.34. The van der Waals surface area contributed by atoms with Gasteiger partial charge in [-0.1, -0.05) is 124 Å². The van der Waals surface area contributed by atoms with E-state index in [9.17, 15) is 0 Å². The number of allylic oxidation sites excluding steroid dienone is 1. The van der Waals surface area contributed by atoms with Crippen LogP contribution in [0.25, 0.3) is 11.6 Å². The normalized spacial score (nSPS) is 15.9. The van der Waals surface area contributed by atoms with Crippen molar-refractivity contribution in [1.29, 1.82) is 0 Å². The summed E-state index contributed by atoms with van der Waals surface area (Å²) >= 11 is 3.52. The van der Waals surface area contributed by atoms with Crippen molar-refractivity contribution in [3.05, 3.63) is 136 Å². The van der Waals surface area contributed by atoms with Crippen molar-refractivity contribution in [2.75, 3.05) is 5.32 Å². The van der Waals surface area contributed by atoms with Crippen molar-refractivity contribution in [3.63, 3.8) is 0 Å². The lowest BCUT2D eigenvalue weighted by molar-refractivity contribution is 0.838. The summed E-state index contributed by atoms with van der Waals surface area (Å²) in [4.78, 5) is 0. The van der Waals surface area contributed by atoms with Gasteiger partial charge in [0.2, 0.25) is 0 Å². The number of rotatable bonds is 9. The predicted octanol–water partition coefficient (Wildman–Crippen LogP) is 12.3. The quantitative estimate of drug-likeness (QED) is 0.107. The molecule has 4 aromatic carbocycles. The first-order valence-corrected chi connectivity index (χ1v) is 19.0. The average molecular weight is 659 g/mol. The van der Waals surface area contributed by atoms with Crippen LogP contribution in [0.1, 0.15) is 76.1 Å². The fraction of sp³-hybridized carbons (Fsp3) is 0.293. The molecular formula is C41H44BrNSi. The Labute approximate surface area is 274 Å². The van der Waals surface area contributed by atoms with Gasteiger partial charge in [-0.15, -0.1) is 11.3 Å². The molecule has 0 bridgehead atoms. The molecule has 44 heavy (non-hydrogen) atoms. The Morgan fingerprint density at radius 2 is 1.32 bits per heavy atom. The summed E-state index contributed by atoms with van der Waals surface area (Å²) in [7, 11) is -1.83. The molecule has 0 heterocycles. The number of anilines is 2. The van der Waals surface area contributed by atoms with E-state index < -0.39 is 8.07 Å². The molecule has 0 radical (unpaired) electrons. The molecular weight excluding hydrogens is 614 g/mol. The van der Waals surface area contributed by atoms with Gasteiger partial charge in [0.1, 0.15) is 8.07 Å². The average Bonchev–Trinajstić information content (AvgIpc) is 3.81. The molecule has 0 aliphatic heterocycles. The number of benzene rings is 4. The first-order valence-electron chi connectivity index (χ1n) is 16.0. The summed E-state index contributed by atoms with van der Waals surface area (Å²) in [6.45, 7) is 14.3. The van der Waals surface area contributed by atoms with Crippen LogP contribution in [0.2, 0.25) is 16.6 Å². The maximum Gasteiger partial charge on any atom is 0.146 e. The largest absolute Gasteiger partial charge is 0.356 e. The Balaban J connectivity index is 1.51. The summed E-state index contributed by atoms with van der Waals surface area (Å²) in [6, 6.07) is 36.6. The molecule has 1 saturated carbocycles. The van der Waals surface area contributed by atoms with Gasteiger partial charge in [-0.3, -0.25) is 0 Å². The summed E-state index contributed by atoms with van der Waals surface area (Å²) in [5.74, 6) is 4.67. The molecule has 1 aliphatic rings. The van der Waals surface area contributed by atoms with Crippen molar-refractivity contribution in [2.45, 2.75) is 70.5 Å². The molecule has 1 aliphatic carbocycles. The zero-order valence-electron chi connectivity index (χ0n) is 26.9. The maximum atomic E-state index is 3.93. The third kappa shape index (κ3) is 7.22. The monoisotopic (exact) mass is 657 g/mol. The summed E-state index contributed by atoms with van der Waals surface area (Å²) in [5, 5.41) is 3.52. The predicted molar refractivity (Wildman–Crippen MR) is 197 cm³/mol. The van der Waals surface area contributed by atoms with Gasteiger partial charge in [-0.05, 0) is 100 Å². The lowest BCUT2D eigenvalue weighted by atomic mass is 9.97. The fourth-order valence-corrected chi connectivity index (χ4v) is 12.4. The van der Waals surface area contributed by atoms with Gasteiger partial charge < -0.3 is 5.32 Å². The van der Waals surface area contributed by atoms with E-state index in [0.29, 0.717) is 28.5 Å². The van der Waals surface area contributed by atoms with Crippen LogP contribution in [-0.2, 0) is 0 Å². The minimum atomic E-state index is -1.83. The van der Waals surface area contributed by atoms with Crippen molar-refractivity contribution in [3.8, 4) is 11.5 Å². The van der Waals surface area contributed by atoms with Gasteiger partial charge in [0.25, 0.3) is 0 Å². The topological polar surface area (TPSA) is 12.0 Å². The maximum absolute atomic E-state index is 3.93. The van der Waals surface area contributed by atoms with Crippen LogP contribution in [0.3, 0.4) is 0 Å². The molecule has 2 unspecified atom stereocenters. The molecule has 1 N–H and O–H groups in total. The van der Waals surface area contributed by atoms with E-state index in [1.807, 2.05) is 0 Å². The lowest BCUT2D eigenvalue weighted by Gasteiger charge is -2.38. The highest BCUT2D eigenvalue weighted by Crippen LogP contribution is 2.54. The van der Waals surface area contributed by atoms with Gasteiger partial charge in [0.05, 0.1) is 0 Å². The molecule has 4 aromatic rings. The van der Waals surface area contributed by atoms with Crippen LogP contribution < -0.4 is 5.32 Å². The van der Waals surface area contributed by atoms with Crippen molar-refractivity contribution < 1.29 is 0 Å². The highest BCUT2D eigenvalue weighted by molar-refractivity contribution is 9.10. The van der Waals surface area contributed by atoms with Crippen LogP contribution in [0.15, 0.2) is 113 Å². The Morgan fingerprint density at radius 3 is 1.93 bits per heavy atom. The first kappa shape index (κ1) is 31.9. The van der Waals surface area contributed by atoms with Gasteiger partial charge in [-0.2, -0.15) is 0 Å². The van der Waals surface area contributed by atoms with E-state index in [2.05, 4.69) is 189 Å². The zero-order valence-corrected chi connectivity index (χ0v) is 29.5. The molecule has 0 aromatic heterocycles. The molecule has 5 rings (SSSR count). The first-order chi connectivity index (χ1) is 21.2. The molecule has 2 atom stereocenters. The van der Waals surface area contributed by atoms with Crippen molar-refractivity contribution >= 4 is 47.0 Å². The van der Waals surface area contributed by atoms with E-state index in [-0.39, 0.29) is 0 Å². The molecule has 0 amide bonds. The smallest absolute Gasteiger partial charge is 0.146 e. The van der Waals surface area contributed by atoms with Gasteiger partial charge in [-0.25, -0.2) is 0 Å². The molecule has 1 fully saturated rings. The van der Waals surface area contributed by atoms with Crippen LogP contribution >= 0.6 is 15.9 Å². The van der Waals surface area contributed by atoms with Crippen LogP contribution in [0.4, 0.5) is 11.4 Å². The minimum Gasteiger partial charge on any atom is -0.356 e. The van der Waals surface area contributed by atoms with Gasteiger partial charge >= 0.3 is 0 Å². The number of halogens is 1. The van der Waals surface area contributed by atoms with Crippen molar-refractivity contribution in [2.24, 2.45) is 5.92 Å². The van der Waals surface area contributed by atoms with Crippen LogP contribution in [0.5, 0.6) is 0 Å². The summed E-state index contributed by atoms with van der Waals surface area (Å²) < 4.78 is 1.08. The van der Waals surface area contributed by atoms with E-state index >= 15 is 0 Å². The molecule has 3 heteroatoms. The standard InChI is InChI=1S/C41H44BrNSi/c1-29(2)44(30(3)4,31(5)6)27-26-33-13-11-10-12-32(33)18-25-39(41-28-40(41)34-14-8-7-9-15-34)35-16-21-37(22-17-35)43-38-23-19-36(42)20-24-38/h7-24,29-31,40-41,43H,28H2,1-6H3.